The van der Waals surface area contributed by atoms with Gasteiger partial charge in [0, 0.05) is 12.4 Å². The average molecular weight is 407 g/mol. The number of carboxylic acids is 1. The predicted molar refractivity (Wildman–Crippen MR) is 111 cm³/mol. The number of nitrogens with zero attached hydrogens (tertiary/aromatic N) is 3. The van der Waals surface area contributed by atoms with Crippen LogP contribution in [0.25, 0.3) is 17.1 Å². The minimum absolute atomic E-state index is 0.216. The molecule has 0 bridgehead atoms. The SMILES string of the molecule is O=C(O)C(c1ccccc1)N1C(=O)C(=Cc2ccc3nccnc3c2)SC1=S. The minimum Gasteiger partial charge on any atom is -0.479 e. The lowest BCUT2D eigenvalue weighted by molar-refractivity contribution is -0.145. The highest BCUT2D eigenvalue weighted by molar-refractivity contribution is 8.26. The van der Waals surface area contributed by atoms with Gasteiger partial charge in [-0.2, -0.15) is 0 Å². The molecule has 1 N–H and O–H groups in total. The zero-order chi connectivity index (χ0) is 19.7. The van der Waals surface area contributed by atoms with Gasteiger partial charge in [0.2, 0.25) is 0 Å². The van der Waals surface area contributed by atoms with E-state index in [0.717, 1.165) is 27.7 Å². The van der Waals surface area contributed by atoms with E-state index in [-0.39, 0.29) is 4.32 Å². The Labute approximate surface area is 169 Å². The average Bonchev–Trinajstić information content (AvgIpc) is 2.96. The fourth-order valence-corrected chi connectivity index (χ4v) is 4.27. The number of hydrogen-bond donors (Lipinski definition) is 1. The molecule has 3 aromatic rings. The number of thioether (sulfide) groups is 1. The summed E-state index contributed by atoms with van der Waals surface area (Å²) in [6.45, 7) is 0. The maximum Gasteiger partial charge on any atom is 0.331 e. The van der Waals surface area contributed by atoms with Crippen molar-refractivity contribution in [3.05, 3.63) is 77.0 Å². The third kappa shape index (κ3) is 3.39. The van der Waals surface area contributed by atoms with Gasteiger partial charge in [0.1, 0.15) is 4.32 Å². The van der Waals surface area contributed by atoms with Crippen molar-refractivity contribution in [1.29, 1.82) is 0 Å². The van der Waals surface area contributed by atoms with Crippen LogP contribution in [0, 0.1) is 0 Å². The van der Waals surface area contributed by atoms with Crippen molar-refractivity contribution in [3.8, 4) is 0 Å². The van der Waals surface area contributed by atoms with E-state index in [9.17, 15) is 14.7 Å². The highest BCUT2D eigenvalue weighted by Crippen LogP contribution is 2.38. The van der Waals surface area contributed by atoms with E-state index in [1.807, 2.05) is 18.2 Å². The Balaban J connectivity index is 1.69. The molecular formula is C20H13N3O3S2. The molecular weight excluding hydrogens is 394 g/mol. The molecule has 1 amide bonds. The number of carbonyl (C=O) groups excluding carboxylic acids is 1. The van der Waals surface area contributed by atoms with Gasteiger partial charge < -0.3 is 5.11 Å². The van der Waals surface area contributed by atoms with Crippen LogP contribution in [0.1, 0.15) is 17.2 Å². The Bertz CT molecular complexity index is 1130. The number of rotatable bonds is 4. The van der Waals surface area contributed by atoms with Gasteiger partial charge in [-0.25, -0.2) is 4.79 Å². The third-order valence-electron chi connectivity index (χ3n) is 4.22. The van der Waals surface area contributed by atoms with Crippen LogP contribution in [0.15, 0.2) is 65.8 Å². The summed E-state index contributed by atoms with van der Waals surface area (Å²) in [5.41, 5.74) is 2.72. The molecule has 2 heterocycles. The van der Waals surface area contributed by atoms with E-state index in [1.165, 1.54) is 0 Å². The van der Waals surface area contributed by atoms with E-state index >= 15 is 0 Å². The van der Waals surface area contributed by atoms with Crippen LogP contribution < -0.4 is 0 Å². The summed E-state index contributed by atoms with van der Waals surface area (Å²) < 4.78 is 0.216. The number of aromatic nitrogens is 2. The molecule has 6 nitrogen and oxygen atoms in total. The Hall–Kier alpha value is -3.10. The number of benzene rings is 2. The number of aliphatic carboxylic acids is 1. The fourth-order valence-electron chi connectivity index (χ4n) is 2.96. The molecule has 2 aromatic carbocycles. The molecule has 28 heavy (non-hydrogen) atoms. The molecule has 0 radical (unpaired) electrons. The first-order chi connectivity index (χ1) is 13.5. The lowest BCUT2D eigenvalue weighted by Gasteiger charge is -2.23. The molecule has 1 atom stereocenters. The highest BCUT2D eigenvalue weighted by atomic mass is 32.2. The first-order valence-electron chi connectivity index (χ1n) is 8.30. The van der Waals surface area contributed by atoms with Crippen LogP contribution in [0.5, 0.6) is 0 Å². The summed E-state index contributed by atoms with van der Waals surface area (Å²) >= 11 is 6.42. The molecule has 0 aliphatic carbocycles. The van der Waals surface area contributed by atoms with Crippen molar-refractivity contribution < 1.29 is 14.7 Å². The molecule has 1 saturated heterocycles. The highest BCUT2D eigenvalue weighted by Gasteiger charge is 2.41. The first-order valence-corrected chi connectivity index (χ1v) is 9.52. The summed E-state index contributed by atoms with van der Waals surface area (Å²) in [7, 11) is 0. The second kappa shape index (κ2) is 7.49. The summed E-state index contributed by atoms with van der Waals surface area (Å²) in [6, 6.07) is 12.9. The van der Waals surface area contributed by atoms with Crippen LogP contribution >= 0.6 is 24.0 Å². The third-order valence-corrected chi connectivity index (χ3v) is 5.55. The molecule has 4 rings (SSSR count). The second-order valence-electron chi connectivity index (χ2n) is 6.01. The zero-order valence-electron chi connectivity index (χ0n) is 14.4. The van der Waals surface area contributed by atoms with Crippen molar-refractivity contribution >= 4 is 57.3 Å². The molecule has 1 unspecified atom stereocenters. The lowest BCUT2D eigenvalue weighted by atomic mass is 10.1. The molecule has 0 spiro atoms. The Morgan fingerprint density at radius 2 is 1.82 bits per heavy atom. The Morgan fingerprint density at radius 1 is 1.11 bits per heavy atom. The predicted octanol–water partition coefficient (Wildman–Crippen LogP) is 3.66. The standard InChI is InChI=1S/C20H13N3O3S2/c24-18-16(11-12-6-7-14-15(10-12)22-9-8-21-14)28-20(27)23(18)17(19(25)26)13-4-2-1-3-5-13/h1-11,17H,(H,25,26). The van der Waals surface area contributed by atoms with Crippen LogP contribution in [-0.4, -0.2) is 36.2 Å². The quantitative estimate of drug-likeness (QED) is 0.522. The fraction of sp³-hybridized carbons (Fsp3) is 0.0500. The van der Waals surface area contributed by atoms with Crippen LogP contribution in [-0.2, 0) is 9.59 Å². The topological polar surface area (TPSA) is 83.4 Å². The largest absolute Gasteiger partial charge is 0.479 e. The summed E-state index contributed by atoms with van der Waals surface area (Å²) in [4.78, 5) is 34.9. The maximum atomic E-state index is 13.0. The van der Waals surface area contributed by atoms with Crippen LogP contribution in [0.4, 0.5) is 0 Å². The molecule has 1 fully saturated rings. The molecule has 1 aliphatic rings. The molecule has 0 saturated carbocycles. The van der Waals surface area contributed by atoms with Gasteiger partial charge in [-0.3, -0.25) is 19.7 Å². The molecule has 1 aromatic heterocycles. The number of carboxylic acid groups (broad SMARTS) is 1. The van der Waals surface area contributed by atoms with Gasteiger partial charge in [-0.15, -0.1) is 0 Å². The van der Waals surface area contributed by atoms with Gasteiger partial charge in [-0.05, 0) is 29.3 Å². The van der Waals surface area contributed by atoms with Gasteiger partial charge in [0.25, 0.3) is 5.91 Å². The van der Waals surface area contributed by atoms with Gasteiger partial charge in [-0.1, -0.05) is 60.4 Å². The van der Waals surface area contributed by atoms with Crippen molar-refractivity contribution in [1.82, 2.24) is 14.9 Å². The maximum absolute atomic E-state index is 13.0. The van der Waals surface area contributed by atoms with Crippen molar-refractivity contribution in [2.45, 2.75) is 6.04 Å². The number of fused-ring (bicyclic) bond motifs is 1. The number of carbonyl (C=O) groups is 2. The van der Waals surface area contributed by atoms with Crippen molar-refractivity contribution in [3.63, 3.8) is 0 Å². The van der Waals surface area contributed by atoms with Gasteiger partial charge >= 0.3 is 5.97 Å². The number of thiocarbonyl (C=S) groups is 1. The van der Waals surface area contributed by atoms with Crippen LogP contribution in [0.3, 0.4) is 0 Å². The number of hydrogen-bond acceptors (Lipinski definition) is 6. The first kappa shape index (κ1) is 18.3. The summed E-state index contributed by atoms with van der Waals surface area (Å²) in [6.07, 6.45) is 4.91. The Kier molecular flexibility index (Phi) is 4.89. The van der Waals surface area contributed by atoms with Gasteiger partial charge in [0.05, 0.1) is 15.9 Å². The van der Waals surface area contributed by atoms with E-state index in [2.05, 4.69) is 9.97 Å². The van der Waals surface area contributed by atoms with Crippen molar-refractivity contribution in [2.75, 3.05) is 0 Å². The van der Waals surface area contributed by atoms with E-state index in [0.29, 0.717) is 16.0 Å². The normalized spacial score (nSPS) is 16.7. The van der Waals surface area contributed by atoms with E-state index in [4.69, 9.17) is 12.2 Å². The van der Waals surface area contributed by atoms with E-state index in [1.54, 1.807) is 48.8 Å². The monoisotopic (exact) mass is 407 g/mol. The van der Waals surface area contributed by atoms with Crippen LogP contribution in [0.2, 0.25) is 0 Å². The second-order valence-corrected chi connectivity index (χ2v) is 7.68. The molecule has 138 valence electrons. The van der Waals surface area contributed by atoms with Crippen molar-refractivity contribution in [2.24, 2.45) is 0 Å². The molecule has 8 heteroatoms. The zero-order valence-corrected chi connectivity index (χ0v) is 16.0. The minimum atomic E-state index is -1.16. The summed E-state index contributed by atoms with van der Waals surface area (Å²) in [5.74, 6) is -1.56. The van der Waals surface area contributed by atoms with Gasteiger partial charge in [0.15, 0.2) is 6.04 Å². The van der Waals surface area contributed by atoms with E-state index < -0.39 is 17.9 Å². The summed E-state index contributed by atoms with van der Waals surface area (Å²) in [5, 5.41) is 9.72. The Morgan fingerprint density at radius 3 is 2.54 bits per heavy atom. The molecule has 1 aliphatic heterocycles. The lowest BCUT2D eigenvalue weighted by Crippen LogP contribution is -2.37. The smallest absolute Gasteiger partial charge is 0.331 e. The number of amides is 1.